The summed E-state index contributed by atoms with van der Waals surface area (Å²) in [5, 5.41) is 19.4. The van der Waals surface area contributed by atoms with E-state index in [9.17, 15) is 5.26 Å². The third-order valence-electron chi connectivity index (χ3n) is 8.47. The minimum atomic E-state index is -0.526. The third-order valence-corrected chi connectivity index (χ3v) is 8.47. The van der Waals surface area contributed by atoms with Gasteiger partial charge in [0.2, 0.25) is 0 Å². The zero-order valence-corrected chi connectivity index (χ0v) is 28.9. The van der Waals surface area contributed by atoms with E-state index in [1.807, 2.05) is 25.1 Å². The number of azo groups is 1. The molecule has 6 nitrogen and oxygen atoms in total. The predicted octanol–water partition coefficient (Wildman–Crippen LogP) is 10.9. The summed E-state index contributed by atoms with van der Waals surface area (Å²) in [6.07, 6.45) is 18.1. The first-order chi connectivity index (χ1) is 21.0. The number of unbranched alkanes of at least 4 members (excludes halogenated alkanes) is 9. The van der Waals surface area contributed by atoms with Gasteiger partial charge in [-0.25, -0.2) is 0 Å². The molecule has 0 saturated heterocycles. The van der Waals surface area contributed by atoms with Gasteiger partial charge in [0.1, 0.15) is 17.2 Å². The van der Waals surface area contributed by atoms with Crippen molar-refractivity contribution in [3.8, 4) is 23.3 Å². The number of hydrogen-bond acceptors (Lipinski definition) is 6. The lowest BCUT2D eigenvalue weighted by Crippen LogP contribution is -2.25. The van der Waals surface area contributed by atoms with Crippen LogP contribution in [0.2, 0.25) is 0 Å². The third kappa shape index (κ3) is 14.3. The highest BCUT2D eigenvalue weighted by Crippen LogP contribution is 2.37. The highest BCUT2D eigenvalue weighted by Gasteiger charge is 2.32. The first-order valence-corrected chi connectivity index (χ1v) is 16.7. The Morgan fingerprint density at radius 2 is 1.39 bits per heavy atom. The van der Waals surface area contributed by atoms with Gasteiger partial charge in [0, 0.05) is 13.1 Å². The summed E-state index contributed by atoms with van der Waals surface area (Å²) in [7, 11) is 5.09. The van der Waals surface area contributed by atoms with E-state index in [0.29, 0.717) is 6.61 Å². The second kappa shape index (κ2) is 23.6. The molecule has 2 atom stereocenters. The summed E-state index contributed by atoms with van der Waals surface area (Å²) in [4.78, 5) is 0. The molecule has 0 aromatic heterocycles. The molecule has 2 aromatic carbocycles. The maximum absolute atomic E-state index is 10.7. The molecule has 0 fully saturated rings. The quantitative estimate of drug-likeness (QED) is 0.0856. The Hall–Kier alpha value is -2.78. The van der Waals surface area contributed by atoms with Crippen LogP contribution in [0, 0.1) is 11.3 Å². The Morgan fingerprint density at radius 1 is 0.773 bits per heavy atom. The minimum absolute atomic E-state index is 0. The Kier molecular flexibility index (Phi) is 21.0. The molecule has 44 heavy (non-hydrogen) atoms. The fourth-order valence-electron chi connectivity index (χ4n) is 5.96. The highest BCUT2D eigenvalue weighted by atomic mass is 35.5. The van der Waals surface area contributed by atoms with E-state index >= 15 is 0 Å². The maximum atomic E-state index is 10.7. The number of halogens is 1. The van der Waals surface area contributed by atoms with Crippen LogP contribution < -0.4 is 14.2 Å². The second-order valence-electron chi connectivity index (χ2n) is 11.7. The van der Waals surface area contributed by atoms with Crippen molar-refractivity contribution in [1.29, 1.82) is 5.26 Å². The van der Waals surface area contributed by atoms with Gasteiger partial charge in [-0.05, 0) is 80.8 Å². The van der Waals surface area contributed by atoms with E-state index in [-0.39, 0.29) is 18.4 Å². The van der Waals surface area contributed by atoms with Gasteiger partial charge in [0.15, 0.2) is 0 Å². The van der Waals surface area contributed by atoms with Crippen LogP contribution >= 0.6 is 12.4 Å². The largest absolute Gasteiger partial charge is 0.497 e. The fourth-order valence-corrected chi connectivity index (χ4v) is 5.96. The number of nitriles is 1. The highest BCUT2D eigenvalue weighted by molar-refractivity contribution is 5.85. The molecule has 0 aliphatic carbocycles. The monoisotopic (exact) mass is 627 g/mol. The topological polar surface area (TPSA) is 76.2 Å². The average molecular weight is 628 g/mol. The molecule has 0 bridgehead atoms. The summed E-state index contributed by atoms with van der Waals surface area (Å²) in [5.41, 5.74) is 1.71. The second-order valence-corrected chi connectivity index (χ2v) is 11.7. The summed E-state index contributed by atoms with van der Waals surface area (Å²) in [6.45, 7) is 4.88. The molecule has 7 heteroatoms. The van der Waals surface area contributed by atoms with Crippen LogP contribution in [0.3, 0.4) is 0 Å². The van der Waals surface area contributed by atoms with Gasteiger partial charge >= 0.3 is 0 Å². The summed E-state index contributed by atoms with van der Waals surface area (Å²) in [5.74, 6) is 2.43. The van der Waals surface area contributed by atoms with Gasteiger partial charge in [-0.3, -0.25) is 0 Å². The van der Waals surface area contributed by atoms with Crippen LogP contribution in [0.4, 0.5) is 0 Å². The standard InChI is InChI=1S/C37H57N3O3.ClH/c1-6-8-9-10-11-12-13-14-15-16-24-37(30-38,32-19-17-21-34(28-32)43-7-2)25-18-20-33(40-39-3)23-22-31-26-35(41-4)29-36(27-31)42-5;/h17,19,21,26-29,33H,6-16,18,20,22-25H2,1-5H3;1H/b40-39+;. The smallest absolute Gasteiger partial charge is 0.122 e. The summed E-state index contributed by atoms with van der Waals surface area (Å²) >= 11 is 0. The molecule has 2 aromatic rings. The maximum Gasteiger partial charge on any atom is 0.122 e. The Bertz CT molecular complexity index is 1080. The van der Waals surface area contributed by atoms with Crippen LogP contribution in [-0.4, -0.2) is 33.9 Å². The van der Waals surface area contributed by atoms with E-state index in [4.69, 9.17) is 14.2 Å². The molecule has 246 valence electrons. The molecule has 0 saturated carbocycles. The lowest BCUT2D eigenvalue weighted by atomic mass is 9.73. The molecule has 0 N–H and O–H groups in total. The van der Waals surface area contributed by atoms with Crippen LogP contribution in [0.25, 0.3) is 0 Å². The van der Waals surface area contributed by atoms with Gasteiger partial charge in [0.05, 0.1) is 38.4 Å². The normalized spacial score (nSPS) is 13.1. The SMILES string of the molecule is CCCCCCCCCCCCC(C#N)(CCCC(CCc1cc(OC)cc(OC)c1)/N=N/C)c1cccc(OCC)c1.Cl. The lowest BCUT2D eigenvalue weighted by molar-refractivity contribution is 0.337. The average Bonchev–Trinajstić information content (AvgIpc) is 3.03. The Morgan fingerprint density at radius 3 is 1.95 bits per heavy atom. The van der Waals surface area contributed by atoms with Crippen LogP contribution in [0.1, 0.15) is 121 Å². The minimum Gasteiger partial charge on any atom is -0.497 e. The fraction of sp³-hybridized carbons (Fsp3) is 0.649. The van der Waals surface area contributed by atoms with E-state index in [1.165, 1.54) is 57.8 Å². The van der Waals surface area contributed by atoms with E-state index in [1.54, 1.807) is 21.3 Å². The number of benzene rings is 2. The zero-order valence-electron chi connectivity index (χ0n) is 28.1. The molecular formula is C37H58ClN3O3. The summed E-state index contributed by atoms with van der Waals surface area (Å²) in [6, 6.07) is 17.1. The number of rotatable bonds is 24. The first-order valence-electron chi connectivity index (χ1n) is 16.7. The van der Waals surface area contributed by atoms with Crippen LogP contribution in [-0.2, 0) is 11.8 Å². The molecule has 0 radical (unpaired) electrons. The molecule has 0 amide bonds. The van der Waals surface area contributed by atoms with Gasteiger partial charge in [-0.1, -0.05) is 83.3 Å². The van der Waals surface area contributed by atoms with Crippen molar-refractivity contribution in [2.45, 2.75) is 128 Å². The van der Waals surface area contributed by atoms with Crippen molar-refractivity contribution >= 4 is 12.4 Å². The van der Waals surface area contributed by atoms with Gasteiger partial charge in [0.25, 0.3) is 0 Å². The Labute approximate surface area is 274 Å². The first kappa shape index (κ1) is 39.2. The van der Waals surface area contributed by atoms with Crippen LogP contribution in [0.15, 0.2) is 52.7 Å². The Balaban J connectivity index is 0.00000968. The van der Waals surface area contributed by atoms with Crippen molar-refractivity contribution in [1.82, 2.24) is 0 Å². The number of methoxy groups -OCH3 is 2. The predicted molar refractivity (Wildman–Crippen MR) is 185 cm³/mol. The molecule has 0 aliphatic heterocycles. The van der Waals surface area contributed by atoms with Gasteiger partial charge < -0.3 is 14.2 Å². The zero-order chi connectivity index (χ0) is 31.2. The van der Waals surface area contributed by atoms with E-state index in [0.717, 1.165) is 73.3 Å². The number of ether oxygens (including phenoxy) is 3. The van der Waals surface area contributed by atoms with Crippen molar-refractivity contribution in [3.05, 3.63) is 53.6 Å². The lowest BCUT2D eigenvalue weighted by Gasteiger charge is -2.28. The molecule has 0 heterocycles. The molecule has 2 unspecified atom stereocenters. The molecule has 0 spiro atoms. The summed E-state index contributed by atoms with van der Waals surface area (Å²) < 4.78 is 16.7. The molecule has 0 aliphatic rings. The molecule has 2 rings (SSSR count). The number of nitrogens with zero attached hydrogens (tertiary/aromatic N) is 3. The number of hydrogen-bond donors (Lipinski definition) is 0. The van der Waals surface area contributed by atoms with Crippen LogP contribution in [0.5, 0.6) is 17.2 Å². The number of aryl methyl sites for hydroxylation is 1. The van der Waals surface area contributed by atoms with Gasteiger partial charge in [-0.2, -0.15) is 15.5 Å². The van der Waals surface area contributed by atoms with Gasteiger partial charge in [-0.15, -0.1) is 12.4 Å². The van der Waals surface area contributed by atoms with Crippen molar-refractivity contribution in [2.75, 3.05) is 27.9 Å². The molecular weight excluding hydrogens is 570 g/mol. The van der Waals surface area contributed by atoms with E-state index < -0.39 is 5.41 Å². The van der Waals surface area contributed by atoms with E-state index in [2.05, 4.69) is 47.5 Å². The van der Waals surface area contributed by atoms with Crippen molar-refractivity contribution in [3.63, 3.8) is 0 Å². The van der Waals surface area contributed by atoms with Crippen molar-refractivity contribution in [2.24, 2.45) is 10.2 Å². The van der Waals surface area contributed by atoms with Crippen molar-refractivity contribution < 1.29 is 14.2 Å².